The topological polar surface area (TPSA) is 58.8 Å². The molecule has 0 saturated carbocycles. The van der Waals surface area contributed by atoms with Crippen LogP contribution in [-0.4, -0.2) is 10.2 Å². The van der Waals surface area contributed by atoms with E-state index in [2.05, 4.69) is 10.2 Å². The predicted molar refractivity (Wildman–Crippen MR) is 58.3 cm³/mol. The average Bonchev–Trinajstić information content (AvgIpc) is 2.39. The Bertz CT molecular complexity index is 617. The van der Waals surface area contributed by atoms with Crippen LogP contribution in [0.1, 0.15) is 11.1 Å². The molecule has 0 radical (unpaired) electrons. The maximum absolute atomic E-state index is 12.4. The molecule has 96 valence electrons. The Balaban J connectivity index is 2.23. The first kappa shape index (κ1) is 12.8. The summed E-state index contributed by atoms with van der Waals surface area (Å²) in [5, 5.41) is 15.9. The van der Waals surface area contributed by atoms with E-state index in [-0.39, 0.29) is 17.2 Å². The summed E-state index contributed by atoms with van der Waals surface area (Å²) in [5.74, 6) is 0.0924. The van der Waals surface area contributed by atoms with Gasteiger partial charge in [-0.25, -0.2) is 0 Å². The van der Waals surface area contributed by atoms with Crippen molar-refractivity contribution in [3.05, 3.63) is 47.7 Å². The molecule has 0 atom stereocenters. The van der Waals surface area contributed by atoms with Crippen LogP contribution in [-0.2, 0) is 6.18 Å². The van der Waals surface area contributed by atoms with E-state index in [9.17, 15) is 13.2 Å². The Labute approximate surface area is 106 Å². The lowest BCUT2D eigenvalue weighted by atomic mass is 10.2. The number of nitriles is 1. The van der Waals surface area contributed by atoms with Crippen molar-refractivity contribution < 1.29 is 17.9 Å². The lowest BCUT2D eigenvalue weighted by Gasteiger charge is -2.08. The minimum absolute atomic E-state index is 0.0511. The quantitative estimate of drug-likeness (QED) is 0.836. The first-order valence-electron chi connectivity index (χ1n) is 5.07. The predicted octanol–water partition coefficient (Wildman–Crippen LogP) is 3.16. The number of halogens is 3. The Hall–Kier alpha value is -2.62. The van der Waals surface area contributed by atoms with Crippen molar-refractivity contribution in [3.63, 3.8) is 0 Å². The Morgan fingerprint density at radius 2 is 1.79 bits per heavy atom. The van der Waals surface area contributed by atoms with Crippen LogP contribution in [0.2, 0.25) is 0 Å². The van der Waals surface area contributed by atoms with Gasteiger partial charge in [0.15, 0.2) is 0 Å². The highest BCUT2D eigenvalue weighted by Gasteiger charge is 2.30. The van der Waals surface area contributed by atoms with Crippen molar-refractivity contribution in [1.82, 2.24) is 10.2 Å². The molecular weight excluding hydrogens is 259 g/mol. The first-order valence-corrected chi connectivity index (χ1v) is 5.07. The van der Waals surface area contributed by atoms with Crippen molar-refractivity contribution in [2.45, 2.75) is 6.18 Å². The fourth-order valence-corrected chi connectivity index (χ4v) is 1.30. The molecule has 0 aliphatic carbocycles. The Morgan fingerprint density at radius 3 is 2.37 bits per heavy atom. The third-order valence-electron chi connectivity index (χ3n) is 2.20. The monoisotopic (exact) mass is 265 g/mol. The third-order valence-corrected chi connectivity index (χ3v) is 2.20. The number of hydrogen-bond acceptors (Lipinski definition) is 4. The van der Waals surface area contributed by atoms with E-state index in [4.69, 9.17) is 10.00 Å². The van der Waals surface area contributed by atoms with E-state index < -0.39 is 11.7 Å². The molecule has 0 N–H and O–H groups in total. The summed E-state index contributed by atoms with van der Waals surface area (Å²) in [6, 6.07) is 7.32. The maximum atomic E-state index is 12.4. The molecule has 0 aliphatic rings. The first-order chi connectivity index (χ1) is 9.00. The molecule has 0 saturated heterocycles. The molecule has 7 heteroatoms. The van der Waals surface area contributed by atoms with Crippen molar-refractivity contribution in [2.75, 3.05) is 0 Å². The zero-order valence-electron chi connectivity index (χ0n) is 9.35. The van der Waals surface area contributed by atoms with Crippen molar-refractivity contribution in [1.29, 1.82) is 5.26 Å². The Morgan fingerprint density at radius 1 is 1.11 bits per heavy atom. The zero-order chi connectivity index (χ0) is 13.9. The van der Waals surface area contributed by atoms with Crippen LogP contribution in [0.4, 0.5) is 13.2 Å². The summed E-state index contributed by atoms with van der Waals surface area (Å²) in [4.78, 5) is 0. The summed E-state index contributed by atoms with van der Waals surface area (Å²) >= 11 is 0. The summed E-state index contributed by atoms with van der Waals surface area (Å²) in [5.41, 5.74) is -0.630. The smallest absolute Gasteiger partial charge is 0.416 e. The maximum Gasteiger partial charge on any atom is 0.416 e. The number of ether oxygens (including phenoxy) is 1. The number of hydrogen-bond donors (Lipinski definition) is 0. The van der Waals surface area contributed by atoms with Gasteiger partial charge in [0.2, 0.25) is 0 Å². The molecule has 0 amide bonds. The normalized spacial score (nSPS) is 10.8. The zero-order valence-corrected chi connectivity index (χ0v) is 9.35. The van der Waals surface area contributed by atoms with Crippen molar-refractivity contribution in [3.8, 4) is 17.7 Å². The molecule has 19 heavy (non-hydrogen) atoms. The number of benzene rings is 1. The van der Waals surface area contributed by atoms with Crippen LogP contribution < -0.4 is 4.74 Å². The van der Waals surface area contributed by atoms with Gasteiger partial charge in [0, 0.05) is 0 Å². The van der Waals surface area contributed by atoms with E-state index in [1.54, 1.807) is 0 Å². The van der Waals surface area contributed by atoms with Crippen LogP contribution in [0.25, 0.3) is 0 Å². The van der Waals surface area contributed by atoms with Crippen molar-refractivity contribution in [2.24, 2.45) is 0 Å². The highest BCUT2D eigenvalue weighted by molar-refractivity contribution is 5.39. The van der Waals surface area contributed by atoms with Crippen LogP contribution in [0.5, 0.6) is 11.6 Å². The second kappa shape index (κ2) is 4.94. The van der Waals surface area contributed by atoms with Crippen LogP contribution in [0, 0.1) is 11.3 Å². The van der Waals surface area contributed by atoms with E-state index in [0.29, 0.717) is 0 Å². The van der Waals surface area contributed by atoms with Crippen LogP contribution in [0.3, 0.4) is 0 Å². The SMILES string of the molecule is N#Cc1ccnnc1Oc1ccc(C(F)(F)F)cc1. The molecule has 0 aliphatic heterocycles. The van der Waals surface area contributed by atoms with Gasteiger partial charge in [-0.15, -0.1) is 5.10 Å². The molecule has 2 rings (SSSR count). The average molecular weight is 265 g/mol. The molecule has 0 spiro atoms. The third kappa shape index (κ3) is 2.98. The molecule has 1 aromatic carbocycles. The van der Waals surface area contributed by atoms with Gasteiger partial charge in [-0.3, -0.25) is 0 Å². The molecule has 2 aromatic rings. The van der Waals surface area contributed by atoms with Gasteiger partial charge in [0.1, 0.15) is 17.4 Å². The molecule has 1 aromatic heterocycles. The number of alkyl halides is 3. The molecule has 1 heterocycles. The van der Waals surface area contributed by atoms with Gasteiger partial charge in [0.25, 0.3) is 5.88 Å². The van der Waals surface area contributed by atoms with Crippen LogP contribution >= 0.6 is 0 Å². The molecular formula is C12H6F3N3O. The molecule has 0 fully saturated rings. The minimum atomic E-state index is -4.40. The summed E-state index contributed by atoms with van der Waals surface area (Å²) in [6.07, 6.45) is -3.08. The number of nitrogens with zero attached hydrogens (tertiary/aromatic N) is 3. The minimum Gasteiger partial charge on any atom is -0.437 e. The Kier molecular flexibility index (Phi) is 3.33. The van der Waals surface area contributed by atoms with Crippen LogP contribution in [0.15, 0.2) is 36.5 Å². The summed E-state index contributed by atoms with van der Waals surface area (Å²) in [7, 11) is 0. The summed E-state index contributed by atoms with van der Waals surface area (Å²) < 4.78 is 42.3. The summed E-state index contributed by atoms with van der Waals surface area (Å²) in [6.45, 7) is 0. The molecule has 0 unspecified atom stereocenters. The van der Waals surface area contributed by atoms with Gasteiger partial charge < -0.3 is 4.74 Å². The van der Waals surface area contributed by atoms with Crippen molar-refractivity contribution >= 4 is 0 Å². The van der Waals surface area contributed by atoms with E-state index in [1.165, 1.54) is 12.3 Å². The molecule has 0 bridgehead atoms. The lowest BCUT2D eigenvalue weighted by molar-refractivity contribution is -0.137. The van der Waals surface area contributed by atoms with Gasteiger partial charge in [-0.05, 0) is 30.3 Å². The van der Waals surface area contributed by atoms with E-state index in [1.807, 2.05) is 6.07 Å². The van der Waals surface area contributed by atoms with E-state index >= 15 is 0 Å². The van der Waals surface area contributed by atoms with Gasteiger partial charge in [-0.1, -0.05) is 0 Å². The molecule has 4 nitrogen and oxygen atoms in total. The lowest BCUT2D eigenvalue weighted by Crippen LogP contribution is -2.04. The standard InChI is InChI=1S/C12H6F3N3O/c13-12(14,15)9-1-3-10(4-2-9)19-11-8(7-16)5-6-17-18-11/h1-6H. The highest BCUT2D eigenvalue weighted by atomic mass is 19.4. The second-order valence-electron chi connectivity index (χ2n) is 3.49. The van der Waals surface area contributed by atoms with Gasteiger partial charge in [-0.2, -0.15) is 23.5 Å². The highest BCUT2D eigenvalue weighted by Crippen LogP contribution is 2.31. The fraction of sp³-hybridized carbons (Fsp3) is 0.0833. The van der Waals surface area contributed by atoms with Gasteiger partial charge in [0.05, 0.1) is 11.8 Å². The fourth-order valence-electron chi connectivity index (χ4n) is 1.30. The van der Waals surface area contributed by atoms with Gasteiger partial charge >= 0.3 is 6.18 Å². The second-order valence-corrected chi connectivity index (χ2v) is 3.49. The largest absolute Gasteiger partial charge is 0.437 e. The number of rotatable bonds is 2. The number of aromatic nitrogens is 2. The van der Waals surface area contributed by atoms with E-state index in [0.717, 1.165) is 24.3 Å².